The number of carbonyl (C=O) groups excluding carboxylic acids is 2. The predicted molar refractivity (Wildman–Crippen MR) is 93.7 cm³/mol. The SMILES string of the molecule is CC(C)(C)OC(=O)N1CC(C)(C(=O)c2ccc(C3(C(F)(F)F)CC3)cc2)C1. The molecule has 3 rings (SSSR count). The minimum Gasteiger partial charge on any atom is -0.444 e. The Labute approximate surface area is 156 Å². The second-order valence-electron chi connectivity index (χ2n) is 8.88. The minimum absolute atomic E-state index is 0.0896. The average Bonchev–Trinajstić information content (AvgIpc) is 3.31. The van der Waals surface area contributed by atoms with Crippen LogP contribution >= 0.6 is 0 Å². The van der Waals surface area contributed by atoms with Crippen molar-refractivity contribution in [1.29, 1.82) is 0 Å². The van der Waals surface area contributed by atoms with Crippen LogP contribution in [0.1, 0.15) is 56.5 Å². The van der Waals surface area contributed by atoms with Gasteiger partial charge in [0.1, 0.15) is 5.60 Å². The van der Waals surface area contributed by atoms with Crippen molar-refractivity contribution >= 4 is 11.9 Å². The lowest BCUT2D eigenvalue weighted by molar-refractivity contribution is -0.160. The molecule has 1 aromatic rings. The van der Waals surface area contributed by atoms with Gasteiger partial charge in [0.25, 0.3) is 0 Å². The molecule has 1 aromatic carbocycles. The molecule has 0 bridgehead atoms. The normalized spacial score (nSPS) is 20.6. The summed E-state index contributed by atoms with van der Waals surface area (Å²) in [6, 6.07) is 5.73. The molecule has 1 saturated heterocycles. The van der Waals surface area contributed by atoms with Crippen LogP contribution in [-0.4, -0.2) is 41.6 Å². The van der Waals surface area contributed by atoms with Crippen molar-refractivity contribution in [2.24, 2.45) is 5.41 Å². The monoisotopic (exact) mass is 383 g/mol. The number of hydrogen-bond donors (Lipinski definition) is 0. The molecule has 0 unspecified atom stereocenters. The number of ketones is 1. The molecule has 1 aliphatic carbocycles. The van der Waals surface area contributed by atoms with Crippen molar-refractivity contribution in [2.75, 3.05) is 13.1 Å². The van der Waals surface area contributed by atoms with Gasteiger partial charge in [-0.2, -0.15) is 13.2 Å². The molecule has 27 heavy (non-hydrogen) atoms. The maximum Gasteiger partial charge on any atom is 0.410 e. The zero-order valence-corrected chi connectivity index (χ0v) is 15.9. The van der Waals surface area contributed by atoms with Gasteiger partial charge in [-0.3, -0.25) is 4.79 Å². The number of benzene rings is 1. The molecule has 0 aromatic heterocycles. The summed E-state index contributed by atoms with van der Waals surface area (Å²) >= 11 is 0. The highest BCUT2D eigenvalue weighted by atomic mass is 19.4. The van der Waals surface area contributed by atoms with Crippen LogP contribution in [0.4, 0.5) is 18.0 Å². The molecule has 148 valence electrons. The molecule has 2 fully saturated rings. The van der Waals surface area contributed by atoms with Crippen molar-refractivity contribution in [1.82, 2.24) is 4.90 Å². The topological polar surface area (TPSA) is 46.6 Å². The Bertz CT molecular complexity index is 752. The number of Topliss-reactive ketones (excluding diaryl/α,β-unsaturated/α-hetero) is 1. The van der Waals surface area contributed by atoms with Crippen molar-refractivity contribution < 1.29 is 27.5 Å². The van der Waals surface area contributed by atoms with Crippen LogP contribution in [0.3, 0.4) is 0 Å². The van der Waals surface area contributed by atoms with Crippen LogP contribution in [0.15, 0.2) is 24.3 Å². The van der Waals surface area contributed by atoms with Gasteiger partial charge < -0.3 is 9.64 Å². The zero-order valence-electron chi connectivity index (χ0n) is 15.9. The number of likely N-dealkylation sites (tertiary alicyclic amines) is 1. The lowest BCUT2D eigenvalue weighted by Gasteiger charge is -2.46. The molecule has 2 aliphatic rings. The van der Waals surface area contributed by atoms with E-state index in [1.165, 1.54) is 29.2 Å². The lowest BCUT2D eigenvalue weighted by atomic mass is 9.75. The third-order valence-electron chi connectivity index (χ3n) is 5.27. The molecular formula is C20H24F3NO3. The molecule has 0 atom stereocenters. The van der Waals surface area contributed by atoms with Gasteiger partial charge >= 0.3 is 12.3 Å². The summed E-state index contributed by atoms with van der Waals surface area (Å²) in [6.45, 7) is 7.52. The Kier molecular flexibility index (Phi) is 4.36. The first-order valence-corrected chi connectivity index (χ1v) is 8.98. The van der Waals surface area contributed by atoms with Gasteiger partial charge in [-0.25, -0.2) is 4.79 Å². The van der Waals surface area contributed by atoms with E-state index < -0.39 is 28.7 Å². The Hall–Kier alpha value is -2.05. The van der Waals surface area contributed by atoms with E-state index in [0.29, 0.717) is 5.56 Å². The standard InChI is InChI=1S/C20H24F3NO3/c1-17(2,3)27-16(26)24-11-18(4,12-24)15(25)13-5-7-14(8-6-13)19(9-10-19)20(21,22)23/h5-8H,9-12H2,1-4H3. The van der Waals surface area contributed by atoms with Gasteiger partial charge in [-0.15, -0.1) is 0 Å². The first-order chi connectivity index (χ1) is 12.3. The van der Waals surface area contributed by atoms with Crippen LogP contribution in [0.2, 0.25) is 0 Å². The molecule has 0 spiro atoms. The summed E-state index contributed by atoms with van der Waals surface area (Å²) in [5.74, 6) is -0.175. The van der Waals surface area contributed by atoms with Crippen LogP contribution < -0.4 is 0 Å². The maximum atomic E-state index is 13.2. The summed E-state index contributed by atoms with van der Waals surface area (Å²) in [6.07, 6.45) is -4.56. The molecule has 7 heteroatoms. The highest BCUT2D eigenvalue weighted by Gasteiger charge is 2.64. The summed E-state index contributed by atoms with van der Waals surface area (Å²) < 4.78 is 44.9. The zero-order chi connectivity index (χ0) is 20.3. The summed E-state index contributed by atoms with van der Waals surface area (Å²) in [7, 11) is 0. The quantitative estimate of drug-likeness (QED) is 0.710. The van der Waals surface area contributed by atoms with E-state index >= 15 is 0 Å². The van der Waals surface area contributed by atoms with Crippen molar-refractivity contribution in [3.63, 3.8) is 0 Å². The Morgan fingerprint density at radius 1 is 1.04 bits per heavy atom. The number of amides is 1. The largest absolute Gasteiger partial charge is 0.444 e. The smallest absolute Gasteiger partial charge is 0.410 e. The lowest BCUT2D eigenvalue weighted by Crippen LogP contribution is -2.61. The van der Waals surface area contributed by atoms with Crippen molar-refractivity contribution in [2.45, 2.75) is 57.7 Å². The number of rotatable bonds is 3. The fourth-order valence-corrected chi connectivity index (χ4v) is 3.55. The molecule has 0 N–H and O–H groups in total. The number of alkyl halides is 3. The highest BCUT2D eigenvalue weighted by molar-refractivity contribution is 6.02. The second kappa shape index (κ2) is 5.97. The molecule has 1 aliphatic heterocycles. The Morgan fingerprint density at radius 2 is 1.56 bits per heavy atom. The van der Waals surface area contributed by atoms with Crippen molar-refractivity contribution in [3.8, 4) is 0 Å². The van der Waals surface area contributed by atoms with Crippen LogP contribution in [0.25, 0.3) is 0 Å². The van der Waals surface area contributed by atoms with Gasteiger partial charge in [0.2, 0.25) is 0 Å². The number of ether oxygens (including phenoxy) is 1. The van der Waals surface area contributed by atoms with Gasteiger partial charge in [0.15, 0.2) is 5.78 Å². The molecule has 1 heterocycles. The summed E-state index contributed by atoms with van der Waals surface area (Å²) in [5, 5.41) is 0. The van der Waals surface area contributed by atoms with Gasteiger partial charge in [-0.1, -0.05) is 24.3 Å². The van der Waals surface area contributed by atoms with E-state index in [0.717, 1.165) is 0 Å². The Balaban J connectivity index is 1.66. The molecular weight excluding hydrogens is 359 g/mol. The predicted octanol–water partition coefficient (Wildman–Crippen LogP) is 4.72. The molecule has 1 amide bonds. The first kappa shape index (κ1) is 19.7. The number of nitrogens with zero attached hydrogens (tertiary/aromatic N) is 1. The average molecular weight is 383 g/mol. The van der Waals surface area contributed by atoms with E-state index in [4.69, 9.17) is 4.74 Å². The fourth-order valence-electron chi connectivity index (χ4n) is 3.55. The van der Waals surface area contributed by atoms with Gasteiger partial charge in [0.05, 0.1) is 10.8 Å². The van der Waals surface area contributed by atoms with E-state index in [2.05, 4.69) is 0 Å². The second-order valence-corrected chi connectivity index (χ2v) is 8.88. The maximum absolute atomic E-state index is 13.2. The third kappa shape index (κ3) is 3.56. The third-order valence-corrected chi connectivity index (χ3v) is 5.27. The Morgan fingerprint density at radius 3 is 1.96 bits per heavy atom. The van der Waals surface area contributed by atoms with Crippen LogP contribution in [0, 0.1) is 5.41 Å². The van der Waals surface area contributed by atoms with Crippen molar-refractivity contribution in [3.05, 3.63) is 35.4 Å². The molecule has 4 nitrogen and oxygen atoms in total. The number of carbonyl (C=O) groups is 2. The van der Waals surface area contributed by atoms with E-state index in [-0.39, 0.29) is 37.3 Å². The fraction of sp³-hybridized carbons (Fsp3) is 0.600. The van der Waals surface area contributed by atoms with Crippen LogP contribution in [0.5, 0.6) is 0 Å². The van der Waals surface area contributed by atoms with Gasteiger partial charge in [0, 0.05) is 18.7 Å². The molecule has 0 radical (unpaired) electrons. The van der Waals surface area contributed by atoms with E-state index in [9.17, 15) is 22.8 Å². The minimum atomic E-state index is -4.27. The number of halogens is 3. The summed E-state index contributed by atoms with van der Waals surface area (Å²) in [5.41, 5.74) is -2.54. The van der Waals surface area contributed by atoms with Gasteiger partial charge in [-0.05, 0) is 46.1 Å². The van der Waals surface area contributed by atoms with Crippen LogP contribution in [-0.2, 0) is 10.2 Å². The van der Waals surface area contributed by atoms with E-state index in [1.54, 1.807) is 27.7 Å². The number of hydrogen-bond acceptors (Lipinski definition) is 3. The first-order valence-electron chi connectivity index (χ1n) is 8.98. The highest BCUT2D eigenvalue weighted by Crippen LogP contribution is 2.58. The van der Waals surface area contributed by atoms with E-state index in [1.807, 2.05) is 0 Å². The summed E-state index contributed by atoms with van der Waals surface area (Å²) in [4.78, 5) is 26.3. The molecule has 1 saturated carbocycles.